The van der Waals surface area contributed by atoms with Crippen molar-refractivity contribution in [2.45, 2.75) is 6.92 Å². The zero-order valence-electron chi connectivity index (χ0n) is 18.3. The fourth-order valence-electron chi connectivity index (χ4n) is 4.04. The third kappa shape index (κ3) is 4.07. The second-order valence-electron chi connectivity index (χ2n) is 7.63. The van der Waals surface area contributed by atoms with E-state index in [1.165, 1.54) is 4.68 Å². The highest BCUT2D eigenvalue weighted by Crippen LogP contribution is 2.54. The lowest BCUT2D eigenvalue weighted by Crippen LogP contribution is -2.47. The number of nitrogens with zero attached hydrogens (tertiary/aromatic N) is 5. The van der Waals surface area contributed by atoms with Gasteiger partial charge in [0.2, 0.25) is 5.58 Å². The summed E-state index contributed by atoms with van der Waals surface area (Å²) in [6, 6.07) is 9.22. The van der Waals surface area contributed by atoms with E-state index in [9.17, 15) is 14.6 Å². The standard InChI is InChI=1S/C20H29N6O5P/c1-16-18(19(27)26(23(16)2)17-6-4-3-5-7-17)21-20(22-28)32(29,24-8-12-30-13-9-24)25-10-14-31-15-11-25/h3-7,28H,8-15H2,1-2H3,(H,21,22). The molecule has 12 heteroatoms. The quantitative estimate of drug-likeness (QED) is 0.295. The molecular formula is C20H29N6O5P. The van der Waals surface area contributed by atoms with Gasteiger partial charge in [0.15, 0.2) is 5.69 Å². The van der Waals surface area contributed by atoms with Gasteiger partial charge in [-0.25, -0.2) is 24.5 Å². The van der Waals surface area contributed by atoms with Crippen LogP contribution in [0.3, 0.4) is 0 Å². The molecule has 0 unspecified atom stereocenters. The molecule has 3 heterocycles. The molecule has 0 radical (unpaired) electrons. The van der Waals surface area contributed by atoms with E-state index >= 15 is 0 Å². The van der Waals surface area contributed by atoms with E-state index in [2.05, 4.69) is 10.5 Å². The Balaban J connectivity index is 1.83. The number of morpholine rings is 2. The summed E-state index contributed by atoms with van der Waals surface area (Å²) in [5, 5.41) is 10.1. The van der Waals surface area contributed by atoms with Crippen LogP contribution in [-0.4, -0.2) is 82.1 Å². The molecule has 2 N–H and O–H groups in total. The molecule has 0 atom stereocenters. The highest BCUT2D eigenvalue weighted by molar-refractivity contribution is 7.76. The first-order valence-electron chi connectivity index (χ1n) is 10.6. The van der Waals surface area contributed by atoms with Gasteiger partial charge in [-0.15, -0.1) is 0 Å². The molecule has 0 bridgehead atoms. The van der Waals surface area contributed by atoms with Crippen molar-refractivity contribution in [3.63, 3.8) is 0 Å². The first-order valence-corrected chi connectivity index (χ1v) is 12.2. The number of aliphatic imine (C=N–C) groups is 1. The topological polar surface area (TPSA) is 114 Å². The number of hydrogen-bond acceptors (Lipinski definition) is 6. The molecule has 0 saturated carbocycles. The van der Waals surface area contributed by atoms with Crippen LogP contribution in [0.2, 0.25) is 0 Å². The molecule has 174 valence electrons. The van der Waals surface area contributed by atoms with Gasteiger partial charge in [-0.2, -0.15) is 0 Å². The normalized spacial score (nSPS) is 19.3. The van der Waals surface area contributed by atoms with Gasteiger partial charge in [0, 0.05) is 33.2 Å². The predicted molar refractivity (Wildman–Crippen MR) is 120 cm³/mol. The number of nitrogens with one attached hydrogen (secondary N) is 1. The van der Waals surface area contributed by atoms with Crippen molar-refractivity contribution in [1.29, 1.82) is 0 Å². The Hall–Kier alpha value is -2.27. The Kier molecular flexibility index (Phi) is 6.94. The predicted octanol–water partition coefficient (Wildman–Crippen LogP) is 1.31. The van der Waals surface area contributed by atoms with E-state index < -0.39 is 7.44 Å². The molecule has 32 heavy (non-hydrogen) atoms. The Morgan fingerprint density at radius 1 is 1.03 bits per heavy atom. The van der Waals surface area contributed by atoms with Crippen molar-refractivity contribution < 1.29 is 19.2 Å². The lowest BCUT2D eigenvalue weighted by atomic mass is 10.3. The summed E-state index contributed by atoms with van der Waals surface area (Å²) >= 11 is 0. The number of hydrogen-bond donors (Lipinski definition) is 2. The SMILES string of the molecule is Cc1c(N=C(NO)P(=O)(N2CCOCC2)N2CCOCC2)c(=O)n(-c2ccccc2)n1C. The number of benzene rings is 1. The first kappa shape index (κ1) is 22.9. The van der Waals surface area contributed by atoms with E-state index in [0.29, 0.717) is 64.0 Å². The fraction of sp³-hybridized carbons (Fsp3) is 0.500. The minimum absolute atomic E-state index is 0.120. The summed E-state index contributed by atoms with van der Waals surface area (Å²) < 4.78 is 32.2. The molecule has 2 fully saturated rings. The van der Waals surface area contributed by atoms with Crippen molar-refractivity contribution in [2.75, 3.05) is 52.6 Å². The summed E-state index contributed by atoms with van der Waals surface area (Å²) in [5.74, 6) is 0. The Morgan fingerprint density at radius 2 is 1.56 bits per heavy atom. The number of hydroxylamine groups is 1. The highest BCUT2D eigenvalue weighted by Gasteiger charge is 2.44. The molecule has 4 rings (SSSR count). The number of ether oxygens (including phenoxy) is 2. The largest absolute Gasteiger partial charge is 0.379 e. The zero-order valence-corrected chi connectivity index (χ0v) is 19.2. The van der Waals surface area contributed by atoms with Gasteiger partial charge in [0.1, 0.15) is 0 Å². The second kappa shape index (κ2) is 9.70. The van der Waals surface area contributed by atoms with Crippen LogP contribution >= 0.6 is 7.44 Å². The van der Waals surface area contributed by atoms with Crippen LogP contribution in [0.5, 0.6) is 0 Å². The maximum atomic E-state index is 14.5. The van der Waals surface area contributed by atoms with E-state index in [1.54, 1.807) is 28.0 Å². The maximum Gasteiger partial charge on any atom is 0.297 e. The summed E-state index contributed by atoms with van der Waals surface area (Å²) in [4.78, 5) is 17.8. The molecule has 2 aliphatic rings. The van der Waals surface area contributed by atoms with Crippen molar-refractivity contribution in [3.8, 4) is 5.69 Å². The molecular weight excluding hydrogens is 435 g/mol. The smallest absolute Gasteiger partial charge is 0.297 e. The van der Waals surface area contributed by atoms with E-state index in [1.807, 2.05) is 30.3 Å². The van der Waals surface area contributed by atoms with Gasteiger partial charge in [0.05, 0.1) is 37.8 Å². The maximum absolute atomic E-state index is 14.5. The molecule has 0 spiro atoms. The van der Waals surface area contributed by atoms with Crippen molar-refractivity contribution in [1.82, 2.24) is 24.2 Å². The number of para-hydroxylation sites is 1. The van der Waals surface area contributed by atoms with Crippen LogP contribution in [0.25, 0.3) is 5.69 Å². The molecule has 2 saturated heterocycles. The van der Waals surface area contributed by atoms with Gasteiger partial charge in [0.25, 0.3) is 13.0 Å². The summed E-state index contributed by atoms with van der Waals surface area (Å²) in [6.07, 6.45) is 0. The van der Waals surface area contributed by atoms with Crippen LogP contribution in [-0.2, 0) is 21.1 Å². The fourth-order valence-corrected chi connectivity index (χ4v) is 6.71. The van der Waals surface area contributed by atoms with Crippen molar-refractivity contribution in [3.05, 3.63) is 46.4 Å². The Morgan fingerprint density at radius 3 is 2.06 bits per heavy atom. The van der Waals surface area contributed by atoms with Gasteiger partial charge >= 0.3 is 0 Å². The number of amidine groups is 1. The average Bonchev–Trinajstić information content (AvgIpc) is 3.06. The van der Waals surface area contributed by atoms with Crippen molar-refractivity contribution in [2.24, 2.45) is 12.0 Å². The monoisotopic (exact) mass is 464 g/mol. The molecule has 11 nitrogen and oxygen atoms in total. The molecule has 2 aromatic rings. The summed E-state index contributed by atoms with van der Waals surface area (Å²) in [5.41, 5.74) is 2.97. The van der Waals surface area contributed by atoms with E-state index in [0.717, 1.165) is 0 Å². The Bertz CT molecular complexity index is 1050. The number of aromatic nitrogens is 2. The van der Waals surface area contributed by atoms with Crippen LogP contribution in [0.4, 0.5) is 5.69 Å². The van der Waals surface area contributed by atoms with Crippen molar-refractivity contribution >= 4 is 18.7 Å². The van der Waals surface area contributed by atoms with Gasteiger partial charge in [-0.1, -0.05) is 18.2 Å². The zero-order chi connectivity index (χ0) is 22.7. The Labute approximate surface area is 186 Å². The van der Waals surface area contributed by atoms with Gasteiger partial charge in [-0.3, -0.25) is 19.2 Å². The molecule has 1 aromatic heterocycles. The third-order valence-electron chi connectivity index (χ3n) is 5.86. The minimum Gasteiger partial charge on any atom is -0.379 e. The summed E-state index contributed by atoms with van der Waals surface area (Å²) in [6.45, 7) is 5.19. The van der Waals surface area contributed by atoms with Gasteiger partial charge in [-0.05, 0) is 19.1 Å². The molecule has 2 aliphatic heterocycles. The lowest BCUT2D eigenvalue weighted by molar-refractivity contribution is 0.0538. The lowest BCUT2D eigenvalue weighted by Gasteiger charge is -2.41. The van der Waals surface area contributed by atoms with Crippen LogP contribution in [0.15, 0.2) is 40.1 Å². The van der Waals surface area contributed by atoms with Gasteiger partial charge < -0.3 is 9.47 Å². The molecule has 1 aromatic carbocycles. The highest BCUT2D eigenvalue weighted by atomic mass is 31.2. The molecule has 0 aliphatic carbocycles. The third-order valence-corrected chi connectivity index (χ3v) is 8.94. The number of rotatable bonds is 5. The second-order valence-corrected chi connectivity index (χ2v) is 10.3. The van der Waals surface area contributed by atoms with E-state index in [4.69, 9.17) is 9.47 Å². The van der Waals surface area contributed by atoms with Crippen LogP contribution in [0, 0.1) is 6.92 Å². The first-order chi connectivity index (χ1) is 15.5. The van der Waals surface area contributed by atoms with E-state index in [-0.39, 0.29) is 16.8 Å². The summed E-state index contributed by atoms with van der Waals surface area (Å²) in [7, 11) is -1.76. The van der Waals surface area contributed by atoms with Crippen LogP contribution in [0.1, 0.15) is 5.69 Å². The van der Waals surface area contributed by atoms with Crippen LogP contribution < -0.4 is 11.0 Å². The minimum atomic E-state index is -3.53. The average molecular weight is 464 g/mol. The molecule has 0 amide bonds.